The Morgan fingerprint density at radius 3 is 3.17 bits per heavy atom. The van der Waals surface area contributed by atoms with Crippen LogP contribution in [0.2, 0.25) is 0 Å². The molecule has 1 aromatic heterocycles. The molecule has 0 spiro atoms. The second kappa shape index (κ2) is 6.31. The van der Waals surface area contributed by atoms with E-state index < -0.39 is 0 Å². The molecule has 0 bridgehead atoms. The maximum Gasteiger partial charge on any atom is 0.234 e. The van der Waals surface area contributed by atoms with E-state index in [1.54, 1.807) is 11.3 Å². The fourth-order valence-electron chi connectivity index (χ4n) is 2.25. The van der Waals surface area contributed by atoms with Crippen LogP contribution in [-0.4, -0.2) is 36.5 Å². The maximum absolute atomic E-state index is 11.8. The molecule has 100 valence electrons. The Morgan fingerprint density at radius 2 is 2.50 bits per heavy atom. The molecule has 1 aromatic rings. The molecule has 0 radical (unpaired) electrons. The number of likely N-dealkylation sites (tertiary alicyclic amines) is 1. The van der Waals surface area contributed by atoms with Crippen LogP contribution in [0.5, 0.6) is 0 Å². The summed E-state index contributed by atoms with van der Waals surface area (Å²) in [4.78, 5) is 15.2. The molecule has 0 aromatic carbocycles. The highest BCUT2D eigenvalue weighted by molar-refractivity contribution is 7.09. The highest BCUT2D eigenvalue weighted by Crippen LogP contribution is 2.14. The predicted molar refractivity (Wildman–Crippen MR) is 74.4 cm³/mol. The van der Waals surface area contributed by atoms with Gasteiger partial charge in [0.05, 0.1) is 13.1 Å². The number of amides is 1. The molecule has 2 rings (SSSR count). The first-order chi connectivity index (χ1) is 8.65. The van der Waals surface area contributed by atoms with Gasteiger partial charge in [-0.15, -0.1) is 11.3 Å². The lowest BCUT2D eigenvalue weighted by Gasteiger charge is -2.34. The zero-order valence-corrected chi connectivity index (χ0v) is 11.6. The normalized spacial score (nSPS) is 25.0. The smallest absolute Gasteiger partial charge is 0.234 e. The van der Waals surface area contributed by atoms with Crippen molar-refractivity contribution in [2.24, 2.45) is 11.7 Å². The Bertz CT molecular complexity index is 380. The number of nitrogens with zero attached hydrogens (tertiary/aromatic N) is 1. The Balaban J connectivity index is 1.71. The average molecular weight is 267 g/mol. The maximum atomic E-state index is 11.8. The molecular formula is C13H21N3OS. The van der Waals surface area contributed by atoms with Crippen LogP contribution in [0.3, 0.4) is 0 Å². The molecule has 1 amide bonds. The predicted octanol–water partition coefficient (Wildman–Crippen LogP) is 1.03. The summed E-state index contributed by atoms with van der Waals surface area (Å²) in [6.45, 7) is 5.13. The fourth-order valence-corrected chi connectivity index (χ4v) is 2.90. The second-order valence-corrected chi connectivity index (χ2v) is 6.05. The van der Waals surface area contributed by atoms with Gasteiger partial charge in [0.25, 0.3) is 0 Å². The summed E-state index contributed by atoms with van der Waals surface area (Å²) in [7, 11) is 0. The number of rotatable bonds is 4. The standard InChI is InChI=1S/C13H21N3OS/c1-10-8-16(5-4-12(10)14)9-13(17)15-7-11-3-2-6-18-11/h2-3,6,10,12H,4-5,7-9,14H2,1H3,(H,15,17). The first-order valence-electron chi connectivity index (χ1n) is 6.42. The molecule has 2 unspecified atom stereocenters. The molecule has 1 aliphatic heterocycles. The number of thiophene rings is 1. The van der Waals surface area contributed by atoms with Crippen molar-refractivity contribution in [3.05, 3.63) is 22.4 Å². The summed E-state index contributed by atoms with van der Waals surface area (Å²) < 4.78 is 0. The van der Waals surface area contributed by atoms with Gasteiger partial charge in [0.2, 0.25) is 5.91 Å². The van der Waals surface area contributed by atoms with Crippen molar-refractivity contribution < 1.29 is 4.79 Å². The third-order valence-corrected chi connectivity index (χ3v) is 4.34. The molecule has 1 aliphatic rings. The Kier molecular flexibility index (Phi) is 4.74. The molecule has 0 aliphatic carbocycles. The summed E-state index contributed by atoms with van der Waals surface area (Å²) in [6, 6.07) is 4.32. The van der Waals surface area contributed by atoms with Crippen LogP contribution in [0, 0.1) is 5.92 Å². The summed E-state index contributed by atoms with van der Waals surface area (Å²) in [5.41, 5.74) is 5.97. The van der Waals surface area contributed by atoms with E-state index in [1.165, 1.54) is 4.88 Å². The fraction of sp³-hybridized carbons (Fsp3) is 0.615. The monoisotopic (exact) mass is 267 g/mol. The largest absolute Gasteiger partial charge is 0.350 e. The molecule has 0 saturated carbocycles. The Morgan fingerprint density at radius 1 is 1.67 bits per heavy atom. The molecule has 18 heavy (non-hydrogen) atoms. The number of hydrogen-bond donors (Lipinski definition) is 2. The van der Waals surface area contributed by atoms with E-state index in [0.29, 0.717) is 19.0 Å². The van der Waals surface area contributed by atoms with Gasteiger partial charge in [-0.3, -0.25) is 9.69 Å². The van der Waals surface area contributed by atoms with Crippen molar-refractivity contribution >= 4 is 17.2 Å². The highest BCUT2D eigenvalue weighted by Gasteiger charge is 2.24. The molecule has 1 fully saturated rings. The van der Waals surface area contributed by atoms with E-state index in [0.717, 1.165) is 19.5 Å². The molecule has 3 N–H and O–H groups in total. The summed E-state index contributed by atoms with van der Waals surface area (Å²) in [5.74, 6) is 0.579. The van der Waals surface area contributed by atoms with Crippen LogP contribution < -0.4 is 11.1 Å². The van der Waals surface area contributed by atoms with Crippen molar-refractivity contribution in [1.29, 1.82) is 0 Å². The molecule has 2 heterocycles. The summed E-state index contributed by atoms with van der Waals surface area (Å²) >= 11 is 1.67. The molecule has 5 heteroatoms. The van der Waals surface area contributed by atoms with Crippen LogP contribution in [0.4, 0.5) is 0 Å². The quantitative estimate of drug-likeness (QED) is 0.857. The minimum Gasteiger partial charge on any atom is -0.350 e. The van der Waals surface area contributed by atoms with E-state index in [1.807, 2.05) is 17.5 Å². The van der Waals surface area contributed by atoms with Crippen molar-refractivity contribution in [2.45, 2.75) is 25.9 Å². The van der Waals surface area contributed by atoms with Crippen molar-refractivity contribution in [3.63, 3.8) is 0 Å². The number of carbonyl (C=O) groups is 1. The highest BCUT2D eigenvalue weighted by atomic mass is 32.1. The van der Waals surface area contributed by atoms with Gasteiger partial charge < -0.3 is 11.1 Å². The minimum absolute atomic E-state index is 0.103. The van der Waals surface area contributed by atoms with Crippen LogP contribution in [0.1, 0.15) is 18.2 Å². The lowest BCUT2D eigenvalue weighted by atomic mass is 9.95. The summed E-state index contributed by atoms with van der Waals surface area (Å²) in [6.07, 6.45) is 0.985. The second-order valence-electron chi connectivity index (χ2n) is 5.02. The van der Waals surface area contributed by atoms with Crippen LogP contribution in [0.15, 0.2) is 17.5 Å². The van der Waals surface area contributed by atoms with E-state index >= 15 is 0 Å². The van der Waals surface area contributed by atoms with E-state index in [4.69, 9.17) is 5.73 Å². The average Bonchev–Trinajstić information content (AvgIpc) is 2.84. The van der Waals surface area contributed by atoms with Crippen molar-refractivity contribution in [2.75, 3.05) is 19.6 Å². The zero-order chi connectivity index (χ0) is 13.0. The van der Waals surface area contributed by atoms with Gasteiger partial charge in [-0.25, -0.2) is 0 Å². The van der Waals surface area contributed by atoms with E-state index in [2.05, 4.69) is 17.1 Å². The number of piperidine rings is 1. The molecule has 4 nitrogen and oxygen atoms in total. The first-order valence-corrected chi connectivity index (χ1v) is 7.30. The lowest BCUT2D eigenvalue weighted by molar-refractivity contribution is -0.122. The molecule has 1 saturated heterocycles. The van der Waals surface area contributed by atoms with Gasteiger partial charge in [0.15, 0.2) is 0 Å². The summed E-state index contributed by atoms with van der Waals surface area (Å²) in [5, 5.41) is 4.98. The van der Waals surface area contributed by atoms with Crippen LogP contribution >= 0.6 is 11.3 Å². The third kappa shape index (κ3) is 3.80. The van der Waals surface area contributed by atoms with Gasteiger partial charge >= 0.3 is 0 Å². The number of carbonyl (C=O) groups excluding carboxylic acids is 1. The van der Waals surface area contributed by atoms with E-state index in [9.17, 15) is 4.79 Å². The van der Waals surface area contributed by atoms with E-state index in [-0.39, 0.29) is 11.9 Å². The molecular weight excluding hydrogens is 246 g/mol. The number of nitrogens with one attached hydrogen (secondary N) is 1. The van der Waals surface area contributed by atoms with Crippen LogP contribution in [-0.2, 0) is 11.3 Å². The Hall–Kier alpha value is -0.910. The molecule has 2 atom stereocenters. The topological polar surface area (TPSA) is 58.4 Å². The SMILES string of the molecule is CC1CN(CC(=O)NCc2cccs2)CCC1N. The van der Waals surface area contributed by atoms with Crippen LogP contribution in [0.25, 0.3) is 0 Å². The van der Waals surface area contributed by atoms with Crippen molar-refractivity contribution in [1.82, 2.24) is 10.2 Å². The number of nitrogens with two attached hydrogens (primary N) is 1. The zero-order valence-electron chi connectivity index (χ0n) is 10.8. The lowest BCUT2D eigenvalue weighted by Crippen LogP contribution is -2.48. The van der Waals surface area contributed by atoms with Gasteiger partial charge in [-0.1, -0.05) is 13.0 Å². The number of hydrogen-bond acceptors (Lipinski definition) is 4. The third-order valence-electron chi connectivity index (χ3n) is 3.46. The Labute approximate surface area is 112 Å². The first kappa shape index (κ1) is 13.5. The van der Waals surface area contributed by atoms with Gasteiger partial charge in [0.1, 0.15) is 0 Å². The van der Waals surface area contributed by atoms with Gasteiger partial charge in [-0.2, -0.15) is 0 Å². The van der Waals surface area contributed by atoms with Gasteiger partial charge in [-0.05, 0) is 23.8 Å². The van der Waals surface area contributed by atoms with Gasteiger partial charge in [0, 0.05) is 24.0 Å². The van der Waals surface area contributed by atoms with Crippen molar-refractivity contribution in [3.8, 4) is 0 Å². The minimum atomic E-state index is 0.103.